The van der Waals surface area contributed by atoms with Crippen molar-refractivity contribution >= 4 is 17.5 Å². The first-order valence-electron chi connectivity index (χ1n) is 5.48. The van der Waals surface area contributed by atoms with Crippen molar-refractivity contribution in [3.63, 3.8) is 0 Å². The van der Waals surface area contributed by atoms with E-state index in [9.17, 15) is 4.79 Å². The predicted molar refractivity (Wildman–Crippen MR) is 65.3 cm³/mol. The molecular weight excluding hydrogens is 212 g/mol. The number of amides is 1. The van der Waals surface area contributed by atoms with Crippen molar-refractivity contribution in [2.75, 3.05) is 26.5 Å². The van der Waals surface area contributed by atoms with Gasteiger partial charge in [0.15, 0.2) is 0 Å². The lowest BCUT2D eigenvalue weighted by atomic mass is 10.0. The molecule has 15 heavy (non-hydrogen) atoms. The first-order chi connectivity index (χ1) is 6.99. The molecule has 0 saturated carbocycles. The normalized spacial score (nSPS) is 13.3. The quantitative estimate of drug-likeness (QED) is 0.681. The molecule has 1 N–H and O–H groups in total. The van der Waals surface area contributed by atoms with Crippen LogP contribution < -0.4 is 5.32 Å². The topological polar surface area (TPSA) is 32.3 Å². The van der Waals surface area contributed by atoms with E-state index in [0.717, 1.165) is 6.42 Å². The van der Waals surface area contributed by atoms with Crippen LogP contribution in [0.2, 0.25) is 0 Å². The molecular formula is C11H23ClN2O. The molecule has 1 unspecified atom stereocenters. The number of nitrogens with zero attached hydrogens (tertiary/aromatic N) is 1. The van der Waals surface area contributed by atoms with Gasteiger partial charge in [-0.25, -0.2) is 0 Å². The highest BCUT2D eigenvalue weighted by Gasteiger charge is 2.16. The molecule has 0 aliphatic rings. The van der Waals surface area contributed by atoms with Crippen LogP contribution >= 0.6 is 11.6 Å². The minimum Gasteiger partial charge on any atom is -0.355 e. The fourth-order valence-corrected chi connectivity index (χ4v) is 1.68. The highest BCUT2D eigenvalue weighted by molar-refractivity contribution is 6.17. The minimum atomic E-state index is 0.100. The van der Waals surface area contributed by atoms with Crippen molar-refractivity contribution in [1.29, 1.82) is 0 Å². The number of carbonyl (C=O) groups is 1. The van der Waals surface area contributed by atoms with Gasteiger partial charge in [0.25, 0.3) is 0 Å². The van der Waals surface area contributed by atoms with E-state index in [2.05, 4.69) is 24.1 Å². The Balaban J connectivity index is 3.84. The SMILES string of the molecule is CC(C)C(CNC(=O)CCCCl)N(C)C. The molecule has 0 radical (unpaired) electrons. The molecule has 0 aliphatic carbocycles. The summed E-state index contributed by atoms with van der Waals surface area (Å²) in [6.45, 7) is 5.04. The molecule has 0 heterocycles. The zero-order chi connectivity index (χ0) is 11.8. The van der Waals surface area contributed by atoms with Gasteiger partial charge < -0.3 is 10.2 Å². The molecule has 3 nitrogen and oxygen atoms in total. The Morgan fingerprint density at radius 1 is 1.40 bits per heavy atom. The molecule has 0 aromatic carbocycles. The van der Waals surface area contributed by atoms with Crippen LogP contribution in [0, 0.1) is 5.92 Å². The molecule has 0 fully saturated rings. The average Bonchev–Trinajstić information content (AvgIpc) is 2.13. The van der Waals surface area contributed by atoms with E-state index in [1.54, 1.807) is 0 Å². The Kier molecular flexibility index (Phi) is 7.79. The average molecular weight is 235 g/mol. The second kappa shape index (κ2) is 7.94. The van der Waals surface area contributed by atoms with Crippen LogP contribution in [0.3, 0.4) is 0 Å². The lowest BCUT2D eigenvalue weighted by Crippen LogP contribution is -2.43. The smallest absolute Gasteiger partial charge is 0.220 e. The number of nitrogens with one attached hydrogen (secondary N) is 1. The number of hydrogen-bond acceptors (Lipinski definition) is 2. The Labute approximate surface area is 98.2 Å². The number of halogens is 1. The van der Waals surface area contributed by atoms with Crippen molar-refractivity contribution in [1.82, 2.24) is 10.2 Å². The minimum absolute atomic E-state index is 0.100. The summed E-state index contributed by atoms with van der Waals surface area (Å²) < 4.78 is 0. The first kappa shape index (κ1) is 14.7. The Morgan fingerprint density at radius 3 is 2.40 bits per heavy atom. The van der Waals surface area contributed by atoms with Gasteiger partial charge in [0.2, 0.25) is 5.91 Å². The third-order valence-electron chi connectivity index (χ3n) is 2.48. The fraction of sp³-hybridized carbons (Fsp3) is 0.909. The van der Waals surface area contributed by atoms with Crippen LogP contribution in [0.4, 0.5) is 0 Å². The standard InChI is InChI=1S/C11H23ClN2O/c1-9(2)10(14(3)4)8-13-11(15)6-5-7-12/h9-10H,5-8H2,1-4H3,(H,13,15). The largest absolute Gasteiger partial charge is 0.355 e. The second-order valence-electron chi connectivity index (χ2n) is 4.37. The van der Waals surface area contributed by atoms with Gasteiger partial charge in [-0.1, -0.05) is 13.8 Å². The summed E-state index contributed by atoms with van der Waals surface area (Å²) in [7, 11) is 4.07. The summed E-state index contributed by atoms with van der Waals surface area (Å²) in [5.41, 5.74) is 0. The molecule has 0 rings (SSSR count). The number of carbonyl (C=O) groups excluding carboxylic acids is 1. The second-order valence-corrected chi connectivity index (χ2v) is 4.75. The number of alkyl halides is 1. The molecule has 0 saturated heterocycles. The monoisotopic (exact) mass is 234 g/mol. The highest BCUT2D eigenvalue weighted by Crippen LogP contribution is 2.06. The van der Waals surface area contributed by atoms with Crippen LogP contribution in [0.15, 0.2) is 0 Å². The molecule has 0 aliphatic heterocycles. The maximum atomic E-state index is 11.4. The van der Waals surface area contributed by atoms with Crippen LogP contribution in [0.5, 0.6) is 0 Å². The van der Waals surface area contributed by atoms with Gasteiger partial charge in [0.1, 0.15) is 0 Å². The molecule has 0 aromatic rings. The van der Waals surface area contributed by atoms with Crippen molar-refractivity contribution in [2.45, 2.75) is 32.7 Å². The zero-order valence-corrected chi connectivity index (χ0v) is 11.0. The Bertz CT molecular complexity index is 175. The van der Waals surface area contributed by atoms with Gasteiger partial charge >= 0.3 is 0 Å². The Morgan fingerprint density at radius 2 is 2.00 bits per heavy atom. The van der Waals surface area contributed by atoms with Gasteiger partial charge in [-0.05, 0) is 26.4 Å². The van der Waals surface area contributed by atoms with Crippen LogP contribution in [0.1, 0.15) is 26.7 Å². The van der Waals surface area contributed by atoms with E-state index in [4.69, 9.17) is 11.6 Å². The molecule has 0 aromatic heterocycles. The molecule has 90 valence electrons. The van der Waals surface area contributed by atoms with Gasteiger partial charge in [-0.2, -0.15) is 0 Å². The van der Waals surface area contributed by atoms with Gasteiger partial charge in [0.05, 0.1) is 0 Å². The number of likely N-dealkylation sites (N-methyl/N-ethyl adjacent to an activating group) is 1. The van der Waals surface area contributed by atoms with Crippen molar-refractivity contribution in [3.8, 4) is 0 Å². The van der Waals surface area contributed by atoms with Crippen LogP contribution in [-0.4, -0.2) is 43.4 Å². The first-order valence-corrected chi connectivity index (χ1v) is 6.01. The summed E-state index contributed by atoms with van der Waals surface area (Å²) in [6.07, 6.45) is 1.28. The van der Waals surface area contributed by atoms with Gasteiger partial charge in [-0.15, -0.1) is 11.6 Å². The third kappa shape index (κ3) is 6.74. The van der Waals surface area contributed by atoms with Gasteiger partial charge in [-0.3, -0.25) is 4.79 Å². The lowest BCUT2D eigenvalue weighted by molar-refractivity contribution is -0.121. The lowest BCUT2D eigenvalue weighted by Gasteiger charge is -2.28. The number of rotatable bonds is 7. The highest BCUT2D eigenvalue weighted by atomic mass is 35.5. The predicted octanol–water partition coefficient (Wildman–Crippen LogP) is 1.71. The number of hydrogen-bond donors (Lipinski definition) is 1. The molecule has 0 bridgehead atoms. The van der Waals surface area contributed by atoms with Crippen LogP contribution in [-0.2, 0) is 4.79 Å². The van der Waals surface area contributed by atoms with Crippen molar-refractivity contribution in [3.05, 3.63) is 0 Å². The molecule has 1 amide bonds. The Hall–Kier alpha value is -0.280. The maximum absolute atomic E-state index is 11.4. The third-order valence-corrected chi connectivity index (χ3v) is 2.75. The van der Waals surface area contributed by atoms with E-state index in [-0.39, 0.29) is 5.91 Å². The van der Waals surface area contributed by atoms with E-state index in [1.165, 1.54) is 0 Å². The van der Waals surface area contributed by atoms with E-state index in [1.807, 2.05) is 14.1 Å². The van der Waals surface area contributed by atoms with E-state index >= 15 is 0 Å². The maximum Gasteiger partial charge on any atom is 0.220 e. The van der Waals surface area contributed by atoms with Crippen LogP contribution in [0.25, 0.3) is 0 Å². The zero-order valence-electron chi connectivity index (χ0n) is 10.2. The van der Waals surface area contributed by atoms with E-state index in [0.29, 0.717) is 30.8 Å². The van der Waals surface area contributed by atoms with Crippen molar-refractivity contribution < 1.29 is 4.79 Å². The van der Waals surface area contributed by atoms with Gasteiger partial charge in [0, 0.05) is 24.9 Å². The summed E-state index contributed by atoms with van der Waals surface area (Å²) in [5, 5.41) is 2.94. The molecule has 1 atom stereocenters. The summed E-state index contributed by atoms with van der Waals surface area (Å²) in [4.78, 5) is 13.5. The van der Waals surface area contributed by atoms with Crippen molar-refractivity contribution in [2.24, 2.45) is 5.92 Å². The molecule has 0 spiro atoms. The summed E-state index contributed by atoms with van der Waals surface area (Å²) in [6, 6.07) is 0.393. The summed E-state index contributed by atoms with van der Waals surface area (Å²) in [5.74, 6) is 1.19. The molecule has 4 heteroatoms. The van der Waals surface area contributed by atoms with E-state index < -0.39 is 0 Å². The fourth-order valence-electron chi connectivity index (χ4n) is 1.55. The summed E-state index contributed by atoms with van der Waals surface area (Å²) >= 11 is 5.52.